The topological polar surface area (TPSA) is 108 Å². The predicted octanol–water partition coefficient (Wildman–Crippen LogP) is 7.12. The number of carboxylic acid groups (broad SMARTS) is 2. The second kappa shape index (κ2) is 12.6. The monoisotopic (exact) mass is 570 g/mol. The third-order valence-electron chi connectivity index (χ3n) is 5.78. The van der Waals surface area contributed by atoms with Crippen molar-refractivity contribution in [3.8, 4) is 28.0 Å². The molecule has 3 aromatic carbocycles. The maximum atomic E-state index is 13.0. The minimum atomic E-state index is -4.54. The first-order chi connectivity index (χ1) is 18.7. The van der Waals surface area contributed by atoms with Gasteiger partial charge in [-0.15, -0.1) is 0 Å². The fourth-order valence-corrected chi connectivity index (χ4v) is 3.83. The molecule has 0 bridgehead atoms. The van der Waals surface area contributed by atoms with Crippen LogP contribution < -0.4 is 15.4 Å². The Hall–Kier alpha value is -4.42. The lowest BCUT2D eigenvalue weighted by Crippen LogP contribution is -2.38. The lowest BCUT2D eigenvalue weighted by molar-refractivity contribution is -0.138. The Morgan fingerprint density at radius 3 is 1.60 bits per heavy atom. The van der Waals surface area contributed by atoms with E-state index in [0.717, 1.165) is 24.3 Å². The van der Waals surface area contributed by atoms with E-state index >= 15 is 0 Å². The number of alkyl halides is 6. The van der Waals surface area contributed by atoms with Crippen LogP contribution in [0.4, 0.5) is 35.9 Å². The lowest BCUT2D eigenvalue weighted by Gasteiger charge is -2.19. The van der Waals surface area contributed by atoms with Crippen LogP contribution in [0.25, 0.3) is 22.3 Å². The van der Waals surface area contributed by atoms with Crippen molar-refractivity contribution in [1.82, 2.24) is 10.6 Å². The van der Waals surface area contributed by atoms with Gasteiger partial charge in [0, 0.05) is 6.54 Å². The number of benzene rings is 3. The summed E-state index contributed by atoms with van der Waals surface area (Å²) in [5.41, 5.74) is -0.125. The highest BCUT2D eigenvalue weighted by Crippen LogP contribution is 2.36. The van der Waals surface area contributed by atoms with Crippen LogP contribution in [0.3, 0.4) is 0 Å². The van der Waals surface area contributed by atoms with Crippen LogP contribution in [0.5, 0.6) is 5.75 Å². The zero-order valence-electron chi connectivity index (χ0n) is 20.6. The number of nitrogens with one attached hydrogen (secondary N) is 2. The standard InChI is InChI=1S/C27H24F6N2O5/c28-26(29,30)20-7-3-16(4-8-20)18-12-19(17-5-9-21(10-6-17)27(31,32)33)14-23(13-18)40-15-22(35-25(38)39)2-1-11-34-24(36)37/h3-10,12-14,22,34-35H,1-2,11,15H2,(H,36,37)(H,38,39)/t22-/m0/s1. The molecule has 3 aromatic rings. The van der Waals surface area contributed by atoms with Gasteiger partial charge >= 0.3 is 24.5 Å². The molecule has 1 atom stereocenters. The lowest BCUT2D eigenvalue weighted by atomic mass is 9.97. The molecule has 2 amide bonds. The number of hydrogen-bond donors (Lipinski definition) is 4. The van der Waals surface area contributed by atoms with E-state index in [1.807, 2.05) is 0 Å². The number of amides is 2. The van der Waals surface area contributed by atoms with Gasteiger partial charge in [-0.25, -0.2) is 9.59 Å². The molecule has 0 spiro atoms. The molecule has 0 aliphatic rings. The van der Waals surface area contributed by atoms with E-state index < -0.39 is 41.7 Å². The first-order valence-electron chi connectivity index (χ1n) is 11.8. The molecule has 0 saturated carbocycles. The summed E-state index contributed by atoms with van der Waals surface area (Å²) in [5, 5.41) is 22.2. The number of ether oxygens (including phenoxy) is 1. The van der Waals surface area contributed by atoms with Crippen LogP contribution in [0.2, 0.25) is 0 Å². The molecule has 0 heterocycles. The summed E-state index contributed by atoms with van der Waals surface area (Å²) in [4.78, 5) is 21.8. The second-order valence-electron chi connectivity index (χ2n) is 8.73. The fraction of sp³-hybridized carbons (Fsp3) is 0.259. The predicted molar refractivity (Wildman–Crippen MR) is 133 cm³/mol. The molecule has 0 saturated heterocycles. The van der Waals surface area contributed by atoms with E-state index in [1.54, 1.807) is 6.07 Å². The summed E-state index contributed by atoms with van der Waals surface area (Å²) in [6.45, 7) is -0.100. The van der Waals surface area contributed by atoms with Crippen molar-refractivity contribution in [3.63, 3.8) is 0 Å². The minimum Gasteiger partial charge on any atom is -0.491 e. The molecule has 7 nitrogen and oxygen atoms in total. The van der Waals surface area contributed by atoms with Crippen molar-refractivity contribution < 1.29 is 50.9 Å². The second-order valence-corrected chi connectivity index (χ2v) is 8.73. The SMILES string of the molecule is O=C(O)NCCC[C@@H](COc1cc(-c2ccc(C(F)(F)F)cc2)cc(-c2ccc(C(F)(F)F)cc2)c1)NC(=O)O. The zero-order valence-corrected chi connectivity index (χ0v) is 20.6. The van der Waals surface area contributed by atoms with E-state index in [4.69, 9.17) is 14.9 Å². The van der Waals surface area contributed by atoms with E-state index in [-0.39, 0.29) is 25.3 Å². The molecule has 0 radical (unpaired) electrons. The van der Waals surface area contributed by atoms with Gasteiger partial charge in [0.05, 0.1) is 17.2 Å². The highest BCUT2D eigenvalue weighted by Gasteiger charge is 2.31. The van der Waals surface area contributed by atoms with Crippen LogP contribution >= 0.6 is 0 Å². The van der Waals surface area contributed by atoms with Gasteiger partial charge < -0.3 is 25.6 Å². The smallest absolute Gasteiger partial charge is 0.416 e. The van der Waals surface area contributed by atoms with Gasteiger partial charge in [-0.1, -0.05) is 24.3 Å². The molecule has 214 valence electrons. The molecular formula is C27H24F6N2O5. The Labute approximate surface area is 224 Å². The summed E-state index contributed by atoms with van der Waals surface area (Å²) < 4.78 is 84.0. The first-order valence-corrected chi connectivity index (χ1v) is 11.8. The molecule has 0 fully saturated rings. The molecule has 13 heteroatoms. The first kappa shape index (κ1) is 30.1. The zero-order chi connectivity index (χ0) is 29.5. The maximum Gasteiger partial charge on any atom is 0.416 e. The average Bonchev–Trinajstić information content (AvgIpc) is 2.88. The molecule has 3 rings (SSSR count). The summed E-state index contributed by atoms with van der Waals surface area (Å²) >= 11 is 0. The van der Waals surface area contributed by atoms with Crippen molar-refractivity contribution in [2.24, 2.45) is 0 Å². The Morgan fingerprint density at radius 2 is 1.20 bits per heavy atom. The third kappa shape index (κ3) is 8.82. The van der Waals surface area contributed by atoms with E-state index in [1.165, 1.54) is 36.4 Å². The molecule has 40 heavy (non-hydrogen) atoms. The quantitative estimate of drug-likeness (QED) is 0.153. The maximum absolute atomic E-state index is 13.0. The van der Waals surface area contributed by atoms with Gasteiger partial charge in [0.15, 0.2) is 0 Å². The minimum absolute atomic E-state index is 0.0780. The average molecular weight is 570 g/mol. The molecule has 0 aromatic heterocycles. The van der Waals surface area contributed by atoms with E-state index in [9.17, 15) is 35.9 Å². The Bertz CT molecular complexity index is 1230. The van der Waals surface area contributed by atoms with E-state index in [2.05, 4.69) is 10.6 Å². The van der Waals surface area contributed by atoms with Crippen LogP contribution in [0, 0.1) is 0 Å². The number of hydrogen-bond acceptors (Lipinski definition) is 3. The van der Waals surface area contributed by atoms with Gasteiger partial charge in [0.2, 0.25) is 0 Å². The van der Waals surface area contributed by atoms with Crippen LogP contribution in [0.15, 0.2) is 66.7 Å². The summed E-state index contributed by atoms with van der Waals surface area (Å²) in [6, 6.07) is 12.5. The molecular weight excluding hydrogens is 546 g/mol. The van der Waals surface area contributed by atoms with Gasteiger partial charge in [-0.3, -0.25) is 0 Å². The van der Waals surface area contributed by atoms with Crippen LogP contribution in [-0.4, -0.2) is 41.6 Å². The number of rotatable bonds is 10. The summed E-state index contributed by atoms with van der Waals surface area (Å²) in [5.74, 6) is 0.188. The van der Waals surface area contributed by atoms with Crippen molar-refractivity contribution in [1.29, 1.82) is 0 Å². The Balaban J connectivity index is 1.92. The van der Waals surface area contributed by atoms with Crippen molar-refractivity contribution in [2.45, 2.75) is 31.2 Å². The van der Waals surface area contributed by atoms with Gasteiger partial charge in [0.25, 0.3) is 0 Å². The van der Waals surface area contributed by atoms with Gasteiger partial charge in [-0.05, 0) is 77.6 Å². The largest absolute Gasteiger partial charge is 0.491 e. The van der Waals surface area contributed by atoms with Crippen molar-refractivity contribution >= 4 is 12.2 Å². The van der Waals surface area contributed by atoms with E-state index in [0.29, 0.717) is 28.7 Å². The van der Waals surface area contributed by atoms with Gasteiger partial charge in [-0.2, -0.15) is 26.3 Å². The number of halogens is 6. The molecule has 0 aliphatic heterocycles. The van der Waals surface area contributed by atoms with Crippen LogP contribution in [0.1, 0.15) is 24.0 Å². The summed E-state index contributed by atoms with van der Waals surface area (Å²) in [7, 11) is 0. The normalized spacial score (nSPS) is 12.4. The fourth-order valence-electron chi connectivity index (χ4n) is 3.83. The molecule has 4 N–H and O–H groups in total. The molecule has 0 unspecified atom stereocenters. The Kier molecular flexibility index (Phi) is 9.51. The number of carbonyl (C=O) groups is 2. The van der Waals surface area contributed by atoms with Gasteiger partial charge in [0.1, 0.15) is 12.4 Å². The van der Waals surface area contributed by atoms with Crippen molar-refractivity contribution in [3.05, 3.63) is 77.9 Å². The molecule has 0 aliphatic carbocycles. The summed E-state index contributed by atoms with van der Waals surface area (Å²) in [6.07, 6.45) is -11.1. The Morgan fingerprint density at radius 1 is 0.725 bits per heavy atom. The highest BCUT2D eigenvalue weighted by atomic mass is 19.4. The third-order valence-corrected chi connectivity index (χ3v) is 5.78. The van der Waals surface area contributed by atoms with Crippen LogP contribution in [-0.2, 0) is 12.4 Å². The van der Waals surface area contributed by atoms with Crippen molar-refractivity contribution in [2.75, 3.05) is 13.2 Å². The highest BCUT2D eigenvalue weighted by molar-refractivity contribution is 5.75.